The Morgan fingerprint density at radius 1 is 1.12 bits per heavy atom. The highest BCUT2D eigenvalue weighted by Gasteiger charge is 2.21. The van der Waals surface area contributed by atoms with Crippen molar-refractivity contribution in [3.8, 4) is 6.07 Å². The van der Waals surface area contributed by atoms with Crippen LogP contribution in [0.3, 0.4) is 0 Å². The maximum atomic E-state index is 12.9. The van der Waals surface area contributed by atoms with E-state index in [1.54, 1.807) is 24.3 Å². The van der Waals surface area contributed by atoms with Crippen molar-refractivity contribution in [2.45, 2.75) is 11.8 Å². The van der Waals surface area contributed by atoms with Crippen molar-refractivity contribution in [2.75, 3.05) is 5.32 Å². The number of fused-ring (bicyclic) bond motifs is 1. The van der Waals surface area contributed by atoms with Crippen LogP contribution >= 0.6 is 0 Å². The quantitative estimate of drug-likeness (QED) is 0.794. The maximum absolute atomic E-state index is 12.9. The second kappa shape index (κ2) is 5.83. The van der Waals surface area contributed by atoms with Crippen molar-refractivity contribution in [1.82, 2.24) is 3.97 Å². The Bertz CT molecular complexity index is 1070. The average Bonchev–Trinajstić information content (AvgIpc) is 2.94. The molecule has 24 heavy (non-hydrogen) atoms. The van der Waals surface area contributed by atoms with Crippen molar-refractivity contribution < 1.29 is 13.2 Å². The summed E-state index contributed by atoms with van der Waals surface area (Å²) < 4.78 is 26.9. The van der Waals surface area contributed by atoms with E-state index >= 15 is 0 Å². The van der Waals surface area contributed by atoms with E-state index in [0.717, 1.165) is 3.97 Å². The van der Waals surface area contributed by atoms with Crippen LogP contribution in [0.25, 0.3) is 10.9 Å². The Labute approximate surface area is 139 Å². The van der Waals surface area contributed by atoms with E-state index < -0.39 is 10.0 Å². The smallest absolute Gasteiger partial charge is 0.268 e. The van der Waals surface area contributed by atoms with Crippen LogP contribution in [0.1, 0.15) is 12.5 Å². The fourth-order valence-corrected chi connectivity index (χ4v) is 3.83. The summed E-state index contributed by atoms with van der Waals surface area (Å²) in [5.41, 5.74) is 1.25. The summed E-state index contributed by atoms with van der Waals surface area (Å²) in [6, 6.07) is 14.7. The Morgan fingerprint density at radius 3 is 2.42 bits per heavy atom. The predicted octanol–water partition coefficient (Wildman–Crippen LogP) is 2.71. The zero-order valence-electron chi connectivity index (χ0n) is 12.7. The van der Waals surface area contributed by atoms with Gasteiger partial charge in [0.25, 0.3) is 10.0 Å². The van der Waals surface area contributed by atoms with Crippen molar-refractivity contribution in [1.29, 1.82) is 5.26 Å². The molecule has 0 saturated heterocycles. The molecule has 0 aliphatic carbocycles. The lowest BCUT2D eigenvalue weighted by Crippen LogP contribution is -2.12. The monoisotopic (exact) mass is 339 g/mol. The normalized spacial score (nSPS) is 11.2. The third-order valence-electron chi connectivity index (χ3n) is 3.53. The standard InChI is InChI=1S/C17H13N3O3S/c1-12(21)19-14-6-8-15(9-7-14)24(22,23)20-11-13(10-18)16-4-2-3-5-17(16)20/h2-9,11H,1H3,(H,19,21). The fourth-order valence-electron chi connectivity index (χ4n) is 2.46. The highest BCUT2D eigenvalue weighted by Crippen LogP contribution is 2.26. The lowest BCUT2D eigenvalue weighted by Gasteiger charge is -2.08. The van der Waals surface area contributed by atoms with Crippen LogP contribution in [-0.4, -0.2) is 18.3 Å². The molecule has 0 saturated carbocycles. The summed E-state index contributed by atoms with van der Waals surface area (Å²) in [5.74, 6) is -0.235. The first-order valence-electron chi connectivity index (χ1n) is 7.07. The molecule has 1 heterocycles. The third-order valence-corrected chi connectivity index (χ3v) is 5.22. The van der Waals surface area contributed by atoms with E-state index in [0.29, 0.717) is 22.2 Å². The van der Waals surface area contributed by atoms with Gasteiger partial charge in [-0.05, 0) is 30.3 Å². The van der Waals surface area contributed by atoms with E-state index in [4.69, 9.17) is 0 Å². The Morgan fingerprint density at radius 2 is 1.79 bits per heavy atom. The molecular weight excluding hydrogens is 326 g/mol. The van der Waals surface area contributed by atoms with Crippen LogP contribution in [-0.2, 0) is 14.8 Å². The maximum Gasteiger partial charge on any atom is 0.268 e. The predicted molar refractivity (Wildman–Crippen MR) is 90.0 cm³/mol. The molecule has 0 spiro atoms. The lowest BCUT2D eigenvalue weighted by molar-refractivity contribution is -0.114. The minimum Gasteiger partial charge on any atom is -0.326 e. The molecule has 0 unspecified atom stereocenters. The van der Waals surface area contributed by atoms with Crippen molar-refractivity contribution in [3.63, 3.8) is 0 Å². The molecule has 3 aromatic rings. The summed E-state index contributed by atoms with van der Waals surface area (Å²) in [5, 5.41) is 12.4. The number of amides is 1. The van der Waals surface area contributed by atoms with Crippen molar-refractivity contribution in [3.05, 3.63) is 60.3 Å². The second-order valence-corrected chi connectivity index (χ2v) is 6.99. The summed E-state index contributed by atoms with van der Waals surface area (Å²) in [6.45, 7) is 1.38. The third kappa shape index (κ3) is 2.64. The minimum absolute atomic E-state index is 0.0712. The largest absolute Gasteiger partial charge is 0.326 e. The molecule has 1 amide bonds. The number of rotatable bonds is 3. The van der Waals surface area contributed by atoms with Crippen LogP contribution in [0.4, 0.5) is 5.69 Å². The number of carbonyl (C=O) groups is 1. The number of benzene rings is 2. The molecule has 0 aliphatic heterocycles. The first-order chi connectivity index (χ1) is 11.4. The molecule has 6 nitrogen and oxygen atoms in total. The fraction of sp³-hybridized carbons (Fsp3) is 0.0588. The van der Waals surface area contributed by atoms with Gasteiger partial charge in [0.2, 0.25) is 5.91 Å². The average molecular weight is 339 g/mol. The first kappa shape index (κ1) is 15.8. The van der Waals surface area contributed by atoms with Gasteiger partial charge in [-0.3, -0.25) is 4.79 Å². The van der Waals surface area contributed by atoms with Gasteiger partial charge in [-0.25, -0.2) is 12.4 Å². The van der Waals surface area contributed by atoms with E-state index in [9.17, 15) is 18.5 Å². The molecule has 0 atom stereocenters. The number of aromatic nitrogens is 1. The Kier molecular flexibility index (Phi) is 3.83. The molecule has 3 rings (SSSR count). The molecule has 0 bridgehead atoms. The minimum atomic E-state index is -3.85. The Hall–Kier alpha value is -3.11. The molecule has 120 valence electrons. The van der Waals surface area contributed by atoms with E-state index in [2.05, 4.69) is 5.32 Å². The van der Waals surface area contributed by atoms with E-state index in [-0.39, 0.29) is 10.8 Å². The molecular formula is C17H13N3O3S. The number of carbonyl (C=O) groups excluding carboxylic acids is 1. The number of hydrogen-bond donors (Lipinski definition) is 1. The van der Waals surface area contributed by atoms with Crippen LogP contribution in [0.5, 0.6) is 0 Å². The summed E-state index contributed by atoms with van der Waals surface area (Å²) in [6.07, 6.45) is 1.32. The summed E-state index contributed by atoms with van der Waals surface area (Å²) in [7, 11) is -3.85. The van der Waals surface area contributed by atoms with Crippen LogP contribution in [0.15, 0.2) is 59.6 Å². The van der Waals surface area contributed by atoms with Crippen LogP contribution < -0.4 is 5.32 Å². The van der Waals surface area contributed by atoms with Crippen LogP contribution in [0.2, 0.25) is 0 Å². The van der Waals surface area contributed by atoms with Gasteiger partial charge in [0.05, 0.1) is 16.0 Å². The number of nitrogens with one attached hydrogen (secondary N) is 1. The van der Waals surface area contributed by atoms with Crippen LogP contribution in [0, 0.1) is 11.3 Å². The highest BCUT2D eigenvalue weighted by molar-refractivity contribution is 7.90. The second-order valence-electron chi connectivity index (χ2n) is 5.18. The highest BCUT2D eigenvalue weighted by atomic mass is 32.2. The van der Waals surface area contributed by atoms with E-state index in [1.807, 2.05) is 6.07 Å². The molecule has 1 aromatic heterocycles. The SMILES string of the molecule is CC(=O)Nc1ccc(S(=O)(=O)n2cc(C#N)c3ccccc32)cc1. The zero-order chi connectivity index (χ0) is 17.3. The van der Waals surface area contributed by atoms with Gasteiger partial charge in [0, 0.05) is 24.2 Å². The topological polar surface area (TPSA) is 92.0 Å². The van der Waals surface area contributed by atoms with Crippen molar-refractivity contribution in [2.24, 2.45) is 0 Å². The first-order valence-corrected chi connectivity index (χ1v) is 8.51. The number of para-hydroxylation sites is 1. The molecule has 7 heteroatoms. The van der Waals surface area contributed by atoms with E-state index in [1.165, 1.54) is 37.4 Å². The summed E-state index contributed by atoms with van der Waals surface area (Å²) in [4.78, 5) is 11.1. The van der Waals surface area contributed by atoms with Gasteiger partial charge in [-0.15, -0.1) is 0 Å². The van der Waals surface area contributed by atoms with Gasteiger partial charge in [-0.1, -0.05) is 18.2 Å². The molecule has 1 N–H and O–H groups in total. The van der Waals surface area contributed by atoms with Gasteiger partial charge in [0.15, 0.2) is 0 Å². The van der Waals surface area contributed by atoms with Gasteiger partial charge in [0.1, 0.15) is 6.07 Å². The number of hydrogen-bond acceptors (Lipinski definition) is 4. The molecule has 0 aliphatic rings. The zero-order valence-corrected chi connectivity index (χ0v) is 13.5. The van der Waals surface area contributed by atoms with Gasteiger partial charge >= 0.3 is 0 Å². The Balaban J connectivity index is 2.12. The van der Waals surface area contributed by atoms with Crippen molar-refractivity contribution >= 4 is 32.5 Å². The molecule has 0 fully saturated rings. The number of anilines is 1. The summed E-state index contributed by atoms with van der Waals surface area (Å²) >= 11 is 0. The van der Waals surface area contributed by atoms with Gasteiger partial charge < -0.3 is 5.32 Å². The lowest BCUT2D eigenvalue weighted by atomic mass is 10.2. The number of nitrogens with zero attached hydrogens (tertiary/aromatic N) is 2. The number of nitriles is 1. The van der Waals surface area contributed by atoms with Gasteiger partial charge in [-0.2, -0.15) is 5.26 Å². The molecule has 0 radical (unpaired) electrons. The molecule has 2 aromatic carbocycles.